The summed E-state index contributed by atoms with van der Waals surface area (Å²) in [6, 6.07) is 15.4. The van der Waals surface area contributed by atoms with E-state index in [0.29, 0.717) is 23.6 Å². The first-order valence-corrected chi connectivity index (χ1v) is 10.6. The van der Waals surface area contributed by atoms with Crippen molar-refractivity contribution in [3.63, 3.8) is 0 Å². The van der Waals surface area contributed by atoms with Crippen LogP contribution in [0.4, 0.5) is 0 Å². The van der Waals surface area contributed by atoms with Gasteiger partial charge in [-0.05, 0) is 60.5 Å². The van der Waals surface area contributed by atoms with Crippen LogP contribution in [0.3, 0.4) is 0 Å². The smallest absolute Gasteiger partial charge is 0.251 e. The maximum Gasteiger partial charge on any atom is 0.251 e. The van der Waals surface area contributed by atoms with Gasteiger partial charge in [-0.25, -0.2) is 4.98 Å². The van der Waals surface area contributed by atoms with Crippen molar-refractivity contribution >= 4 is 34.1 Å². The van der Waals surface area contributed by atoms with Crippen LogP contribution in [0.1, 0.15) is 32.9 Å². The molecule has 0 spiro atoms. The van der Waals surface area contributed by atoms with E-state index in [-0.39, 0.29) is 5.91 Å². The molecule has 1 N–H and O–H groups in total. The first kappa shape index (κ1) is 20.2. The second-order valence-electron chi connectivity index (χ2n) is 7.76. The van der Waals surface area contributed by atoms with E-state index in [1.165, 1.54) is 0 Å². The molecule has 7 heteroatoms. The Morgan fingerprint density at radius 3 is 2.84 bits per heavy atom. The maximum absolute atomic E-state index is 12.8. The number of carbonyl (C=O) groups is 1. The van der Waals surface area contributed by atoms with E-state index in [1.807, 2.05) is 60.1 Å². The van der Waals surface area contributed by atoms with E-state index >= 15 is 0 Å². The van der Waals surface area contributed by atoms with Crippen molar-refractivity contribution < 1.29 is 4.79 Å². The van der Waals surface area contributed by atoms with Crippen molar-refractivity contribution in [1.82, 2.24) is 24.7 Å². The number of nitrogens with one attached hydrogen (secondary N) is 1. The average molecular weight is 442 g/mol. The van der Waals surface area contributed by atoms with Crippen molar-refractivity contribution in [1.29, 1.82) is 0 Å². The Balaban J connectivity index is 1.31. The Kier molecular flexibility index (Phi) is 5.29. The first-order chi connectivity index (χ1) is 15.5. The molecule has 0 saturated heterocycles. The van der Waals surface area contributed by atoms with E-state index < -0.39 is 0 Å². The standard InChI is InChI=1S/C25H20ClN5O/c1-16-12-29-24-5-3-22(31(24)15-16)14-30-25(32)18-6-7-27-21(11-18)9-17-2-4-23-19(8-17)10-20(26)13-28-23/h2-8,10-13,15H,9,14H2,1H3,(H,30,32). The highest BCUT2D eigenvalue weighted by molar-refractivity contribution is 6.31. The summed E-state index contributed by atoms with van der Waals surface area (Å²) in [5.74, 6) is -0.140. The molecule has 0 atom stereocenters. The number of amides is 1. The number of pyridine rings is 2. The Hall–Kier alpha value is -3.77. The van der Waals surface area contributed by atoms with E-state index in [1.54, 1.807) is 18.5 Å². The van der Waals surface area contributed by atoms with Gasteiger partial charge in [0.05, 0.1) is 17.1 Å². The van der Waals surface area contributed by atoms with E-state index in [0.717, 1.165) is 39.1 Å². The summed E-state index contributed by atoms with van der Waals surface area (Å²) >= 11 is 6.07. The summed E-state index contributed by atoms with van der Waals surface area (Å²) in [7, 11) is 0. The molecular weight excluding hydrogens is 422 g/mol. The Bertz CT molecular complexity index is 1460. The van der Waals surface area contributed by atoms with Gasteiger partial charge in [-0.3, -0.25) is 14.8 Å². The molecule has 0 fully saturated rings. The van der Waals surface area contributed by atoms with Crippen LogP contribution < -0.4 is 5.32 Å². The summed E-state index contributed by atoms with van der Waals surface area (Å²) in [6.07, 6.45) is 7.76. The lowest BCUT2D eigenvalue weighted by atomic mass is 10.0. The lowest BCUT2D eigenvalue weighted by molar-refractivity contribution is 0.0950. The monoisotopic (exact) mass is 441 g/mol. The number of hydrogen-bond acceptors (Lipinski definition) is 4. The van der Waals surface area contributed by atoms with Gasteiger partial charge in [-0.2, -0.15) is 0 Å². The van der Waals surface area contributed by atoms with Crippen LogP contribution >= 0.6 is 11.6 Å². The second kappa shape index (κ2) is 8.40. The van der Waals surface area contributed by atoms with Crippen LogP contribution in [0.2, 0.25) is 5.02 Å². The highest BCUT2D eigenvalue weighted by Gasteiger charge is 2.10. The van der Waals surface area contributed by atoms with Gasteiger partial charge in [-0.1, -0.05) is 17.7 Å². The van der Waals surface area contributed by atoms with Crippen molar-refractivity contribution in [3.05, 3.63) is 106 Å². The van der Waals surface area contributed by atoms with E-state index in [4.69, 9.17) is 11.6 Å². The number of nitrogens with zero attached hydrogens (tertiary/aromatic N) is 4. The molecule has 1 amide bonds. The lowest BCUT2D eigenvalue weighted by Crippen LogP contribution is -2.23. The van der Waals surface area contributed by atoms with Crippen molar-refractivity contribution in [2.75, 3.05) is 0 Å². The molecule has 6 nitrogen and oxygen atoms in total. The van der Waals surface area contributed by atoms with Gasteiger partial charge >= 0.3 is 0 Å². The minimum atomic E-state index is -0.140. The molecular formula is C25H20ClN5O. The normalized spacial score (nSPS) is 11.2. The fourth-order valence-corrected chi connectivity index (χ4v) is 3.91. The van der Waals surface area contributed by atoms with Crippen LogP contribution in [0, 0.1) is 6.92 Å². The third kappa shape index (κ3) is 4.18. The quantitative estimate of drug-likeness (QED) is 0.427. The van der Waals surface area contributed by atoms with Gasteiger partial charge in [0, 0.05) is 53.5 Å². The summed E-state index contributed by atoms with van der Waals surface area (Å²) in [5, 5.41) is 4.58. The van der Waals surface area contributed by atoms with Gasteiger partial charge in [0.25, 0.3) is 5.91 Å². The third-order valence-electron chi connectivity index (χ3n) is 5.32. The predicted octanol–water partition coefficient (Wildman–Crippen LogP) is 4.76. The Morgan fingerprint density at radius 1 is 1.03 bits per heavy atom. The molecule has 0 aliphatic rings. The summed E-state index contributed by atoms with van der Waals surface area (Å²) < 4.78 is 1.99. The number of rotatable bonds is 5. The van der Waals surface area contributed by atoms with Gasteiger partial charge in [0.1, 0.15) is 5.65 Å². The molecule has 0 aliphatic carbocycles. The highest BCUT2D eigenvalue weighted by Crippen LogP contribution is 2.20. The largest absolute Gasteiger partial charge is 0.346 e. The molecule has 158 valence electrons. The van der Waals surface area contributed by atoms with E-state index in [2.05, 4.69) is 26.3 Å². The third-order valence-corrected chi connectivity index (χ3v) is 5.53. The molecule has 0 saturated carbocycles. The molecule has 0 radical (unpaired) electrons. The lowest BCUT2D eigenvalue weighted by Gasteiger charge is -2.08. The van der Waals surface area contributed by atoms with Crippen LogP contribution in [0.25, 0.3) is 16.6 Å². The van der Waals surface area contributed by atoms with Gasteiger partial charge in [-0.15, -0.1) is 0 Å². The number of hydrogen-bond donors (Lipinski definition) is 1. The minimum absolute atomic E-state index is 0.140. The Labute approximate surface area is 189 Å². The molecule has 5 aromatic rings. The molecule has 5 rings (SSSR count). The molecule has 4 aromatic heterocycles. The number of aromatic nitrogens is 4. The summed E-state index contributed by atoms with van der Waals surface area (Å²) in [5.41, 5.74) is 6.26. The fourth-order valence-electron chi connectivity index (χ4n) is 3.74. The molecule has 1 aromatic carbocycles. The summed E-state index contributed by atoms with van der Waals surface area (Å²) in [6.45, 7) is 2.40. The number of aryl methyl sites for hydroxylation is 1. The average Bonchev–Trinajstić information content (AvgIpc) is 3.19. The molecule has 0 bridgehead atoms. The molecule has 4 heterocycles. The zero-order valence-electron chi connectivity index (χ0n) is 17.4. The van der Waals surface area contributed by atoms with Gasteiger partial charge in [0.15, 0.2) is 0 Å². The zero-order valence-corrected chi connectivity index (χ0v) is 18.2. The molecule has 0 unspecified atom stereocenters. The fraction of sp³-hybridized carbons (Fsp3) is 0.120. The Morgan fingerprint density at radius 2 is 1.94 bits per heavy atom. The highest BCUT2D eigenvalue weighted by atomic mass is 35.5. The maximum atomic E-state index is 12.8. The predicted molar refractivity (Wildman–Crippen MR) is 125 cm³/mol. The molecule has 0 aliphatic heterocycles. The second-order valence-corrected chi connectivity index (χ2v) is 8.20. The van der Waals surface area contributed by atoms with E-state index in [9.17, 15) is 4.79 Å². The van der Waals surface area contributed by atoms with Crippen molar-refractivity contribution in [3.8, 4) is 0 Å². The van der Waals surface area contributed by atoms with Crippen molar-refractivity contribution in [2.45, 2.75) is 19.9 Å². The van der Waals surface area contributed by atoms with Gasteiger partial charge < -0.3 is 9.72 Å². The van der Waals surface area contributed by atoms with Gasteiger partial charge in [0.2, 0.25) is 0 Å². The van der Waals surface area contributed by atoms with Crippen LogP contribution in [0.15, 0.2) is 73.3 Å². The van der Waals surface area contributed by atoms with Crippen molar-refractivity contribution in [2.24, 2.45) is 0 Å². The number of halogens is 1. The van der Waals surface area contributed by atoms with Crippen LogP contribution in [-0.2, 0) is 13.0 Å². The summed E-state index contributed by atoms with van der Waals surface area (Å²) in [4.78, 5) is 25.9. The molecule has 32 heavy (non-hydrogen) atoms. The topological polar surface area (TPSA) is 72.2 Å². The number of fused-ring (bicyclic) bond motifs is 2. The zero-order chi connectivity index (χ0) is 22.1. The van der Waals surface area contributed by atoms with Crippen LogP contribution in [-0.4, -0.2) is 25.3 Å². The SMILES string of the molecule is Cc1cnc2ccc(CNC(=O)c3ccnc(Cc4ccc5ncc(Cl)cc5c4)c3)n2c1. The first-order valence-electron chi connectivity index (χ1n) is 10.2. The minimum Gasteiger partial charge on any atom is -0.346 e. The number of benzene rings is 1. The van der Waals surface area contributed by atoms with Crippen LogP contribution in [0.5, 0.6) is 0 Å². The number of carbonyl (C=O) groups excluding carboxylic acids is 1.